The minimum atomic E-state index is -0.858. The molecular formula is C18H20N4O5. The van der Waals surface area contributed by atoms with Crippen LogP contribution in [-0.2, 0) is 4.79 Å². The highest BCUT2D eigenvalue weighted by atomic mass is 16.6. The predicted molar refractivity (Wildman–Crippen MR) is 96.5 cm³/mol. The molecule has 2 aromatic rings. The number of aromatic nitrogens is 2. The lowest BCUT2D eigenvalue weighted by molar-refractivity contribution is -0.384. The number of non-ortho nitro benzene ring substituents is 1. The van der Waals surface area contributed by atoms with Gasteiger partial charge in [0.25, 0.3) is 11.2 Å². The average molecular weight is 372 g/mol. The molecule has 1 saturated carbocycles. The van der Waals surface area contributed by atoms with E-state index in [1.165, 1.54) is 18.2 Å². The van der Waals surface area contributed by atoms with Gasteiger partial charge in [0.15, 0.2) is 0 Å². The van der Waals surface area contributed by atoms with Crippen LogP contribution in [0.5, 0.6) is 5.88 Å². The molecular weight excluding hydrogens is 352 g/mol. The summed E-state index contributed by atoms with van der Waals surface area (Å²) in [6.45, 7) is 0. The maximum absolute atomic E-state index is 12.5. The summed E-state index contributed by atoms with van der Waals surface area (Å²) in [6, 6.07) is 5.80. The number of nitro groups is 1. The molecule has 27 heavy (non-hydrogen) atoms. The number of nitrogens with one attached hydrogen (secondary N) is 2. The van der Waals surface area contributed by atoms with Gasteiger partial charge < -0.3 is 15.4 Å². The third-order valence-corrected chi connectivity index (χ3v) is 4.81. The van der Waals surface area contributed by atoms with Crippen molar-refractivity contribution in [3.63, 3.8) is 0 Å². The Morgan fingerprint density at radius 1 is 1.41 bits per heavy atom. The van der Waals surface area contributed by atoms with Gasteiger partial charge in [0.1, 0.15) is 0 Å². The number of aromatic hydroxyl groups is 1. The lowest BCUT2D eigenvalue weighted by Gasteiger charge is -2.19. The highest BCUT2D eigenvalue weighted by Crippen LogP contribution is 2.32. The molecule has 0 saturated heterocycles. The van der Waals surface area contributed by atoms with Crippen molar-refractivity contribution in [1.82, 2.24) is 15.3 Å². The summed E-state index contributed by atoms with van der Waals surface area (Å²) in [4.78, 5) is 41.4. The van der Waals surface area contributed by atoms with Gasteiger partial charge in [0.2, 0.25) is 11.8 Å². The Hall–Kier alpha value is -3.23. The van der Waals surface area contributed by atoms with Crippen molar-refractivity contribution in [3.05, 3.63) is 62.2 Å². The summed E-state index contributed by atoms with van der Waals surface area (Å²) in [5.41, 5.74) is -0.444. The maximum atomic E-state index is 12.5. The number of amides is 1. The van der Waals surface area contributed by atoms with Gasteiger partial charge in [0.05, 0.1) is 16.8 Å². The van der Waals surface area contributed by atoms with Crippen LogP contribution in [0.2, 0.25) is 0 Å². The standard InChI is InChI=1S/C18H20N4O5/c23-15(21-12-5-1-2-6-12)9-14(16-17(24)19-10-20-18(16)25)11-4-3-7-13(8-11)22(26)27/h3-4,7-8,10,12,14H,1-2,5-6,9H2,(H,21,23)(H2,19,20,24,25). The van der Waals surface area contributed by atoms with E-state index in [9.17, 15) is 24.8 Å². The summed E-state index contributed by atoms with van der Waals surface area (Å²) in [6.07, 6.45) is 4.87. The number of rotatable bonds is 6. The van der Waals surface area contributed by atoms with Gasteiger partial charge in [-0.25, -0.2) is 4.98 Å². The van der Waals surface area contributed by atoms with Crippen LogP contribution in [0.25, 0.3) is 0 Å². The van der Waals surface area contributed by atoms with Crippen molar-refractivity contribution in [2.75, 3.05) is 0 Å². The normalized spacial score (nSPS) is 15.4. The Balaban J connectivity index is 1.96. The zero-order valence-electron chi connectivity index (χ0n) is 14.6. The minimum absolute atomic E-state index is 0.0837. The fourth-order valence-corrected chi connectivity index (χ4v) is 3.50. The average Bonchev–Trinajstić information content (AvgIpc) is 3.13. The van der Waals surface area contributed by atoms with Crippen molar-refractivity contribution < 1.29 is 14.8 Å². The van der Waals surface area contributed by atoms with Crippen molar-refractivity contribution >= 4 is 11.6 Å². The van der Waals surface area contributed by atoms with E-state index in [2.05, 4.69) is 15.3 Å². The molecule has 1 aromatic carbocycles. The van der Waals surface area contributed by atoms with E-state index in [0.717, 1.165) is 32.0 Å². The Morgan fingerprint density at radius 2 is 2.15 bits per heavy atom. The molecule has 1 aromatic heterocycles. The Kier molecular flexibility index (Phi) is 5.49. The molecule has 1 unspecified atom stereocenters. The van der Waals surface area contributed by atoms with Gasteiger partial charge in [-0.2, -0.15) is 0 Å². The number of hydrogen-bond donors (Lipinski definition) is 3. The molecule has 3 rings (SSSR count). The number of nitrogens with zero attached hydrogens (tertiary/aromatic N) is 2. The monoisotopic (exact) mass is 372 g/mol. The third-order valence-electron chi connectivity index (χ3n) is 4.81. The second-order valence-corrected chi connectivity index (χ2v) is 6.63. The SMILES string of the molecule is O=C(CC(c1cccc([N+](=O)[O-])c1)c1c(O)nc[nH]c1=O)NC1CCCC1. The van der Waals surface area contributed by atoms with Crippen LogP contribution in [0.1, 0.15) is 49.1 Å². The first-order valence-corrected chi connectivity index (χ1v) is 8.76. The number of carbonyl (C=O) groups is 1. The molecule has 9 nitrogen and oxygen atoms in total. The molecule has 0 aliphatic heterocycles. The summed E-state index contributed by atoms with van der Waals surface area (Å²) < 4.78 is 0. The Labute approximate surface area is 154 Å². The van der Waals surface area contributed by atoms with Crippen LogP contribution < -0.4 is 10.9 Å². The quantitative estimate of drug-likeness (QED) is 0.523. The lowest BCUT2D eigenvalue weighted by Crippen LogP contribution is -2.34. The summed E-state index contributed by atoms with van der Waals surface area (Å²) in [5.74, 6) is -1.63. The number of carbonyl (C=O) groups excluding carboxylic acids is 1. The molecule has 1 heterocycles. The number of hydrogen-bond acceptors (Lipinski definition) is 6. The zero-order chi connectivity index (χ0) is 19.4. The smallest absolute Gasteiger partial charge is 0.269 e. The molecule has 1 aliphatic rings. The van der Waals surface area contributed by atoms with Gasteiger partial charge in [-0.3, -0.25) is 19.7 Å². The second kappa shape index (κ2) is 7.98. The molecule has 9 heteroatoms. The van der Waals surface area contributed by atoms with E-state index >= 15 is 0 Å². The van der Waals surface area contributed by atoms with Crippen LogP contribution in [0, 0.1) is 10.1 Å². The van der Waals surface area contributed by atoms with Gasteiger partial charge in [-0.15, -0.1) is 0 Å². The molecule has 0 bridgehead atoms. The topological polar surface area (TPSA) is 138 Å². The van der Waals surface area contributed by atoms with Gasteiger partial charge in [0, 0.05) is 30.5 Å². The zero-order valence-corrected chi connectivity index (χ0v) is 14.6. The van der Waals surface area contributed by atoms with Crippen molar-refractivity contribution in [2.45, 2.75) is 44.1 Å². The molecule has 142 valence electrons. The van der Waals surface area contributed by atoms with E-state index < -0.39 is 22.3 Å². The van der Waals surface area contributed by atoms with Crippen LogP contribution in [-0.4, -0.2) is 31.9 Å². The lowest BCUT2D eigenvalue weighted by atomic mass is 9.89. The number of aromatic amines is 1. The van der Waals surface area contributed by atoms with Crippen LogP contribution in [0.15, 0.2) is 35.4 Å². The fraction of sp³-hybridized carbons (Fsp3) is 0.389. The molecule has 0 radical (unpaired) electrons. The molecule has 1 aliphatic carbocycles. The first-order valence-electron chi connectivity index (χ1n) is 8.76. The van der Waals surface area contributed by atoms with Crippen molar-refractivity contribution in [1.29, 1.82) is 0 Å². The highest BCUT2D eigenvalue weighted by molar-refractivity contribution is 5.78. The van der Waals surface area contributed by atoms with E-state index in [4.69, 9.17) is 0 Å². The van der Waals surface area contributed by atoms with Crippen LogP contribution >= 0.6 is 0 Å². The van der Waals surface area contributed by atoms with Gasteiger partial charge in [-0.1, -0.05) is 25.0 Å². The second-order valence-electron chi connectivity index (χ2n) is 6.63. The van der Waals surface area contributed by atoms with Crippen molar-refractivity contribution in [2.24, 2.45) is 0 Å². The summed E-state index contributed by atoms with van der Waals surface area (Å²) in [7, 11) is 0. The van der Waals surface area contributed by atoms with E-state index in [1.807, 2.05) is 0 Å². The summed E-state index contributed by atoms with van der Waals surface area (Å²) in [5, 5.41) is 24.1. The fourth-order valence-electron chi connectivity index (χ4n) is 3.50. The summed E-state index contributed by atoms with van der Waals surface area (Å²) >= 11 is 0. The van der Waals surface area contributed by atoms with E-state index in [1.54, 1.807) is 6.07 Å². The minimum Gasteiger partial charge on any atom is -0.493 e. The molecule has 3 N–H and O–H groups in total. The van der Waals surface area contributed by atoms with E-state index in [0.29, 0.717) is 5.56 Å². The Bertz CT molecular complexity index is 905. The van der Waals surface area contributed by atoms with E-state index in [-0.39, 0.29) is 29.6 Å². The van der Waals surface area contributed by atoms with Gasteiger partial charge >= 0.3 is 0 Å². The number of benzene rings is 1. The number of nitro benzene ring substituents is 1. The molecule has 1 atom stereocenters. The van der Waals surface area contributed by atoms with Crippen LogP contribution in [0.4, 0.5) is 5.69 Å². The third kappa shape index (κ3) is 4.30. The first-order chi connectivity index (χ1) is 13.0. The first kappa shape index (κ1) is 18.6. The largest absolute Gasteiger partial charge is 0.493 e. The molecule has 1 amide bonds. The maximum Gasteiger partial charge on any atom is 0.269 e. The molecule has 1 fully saturated rings. The highest BCUT2D eigenvalue weighted by Gasteiger charge is 2.27. The number of H-pyrrole nitrogens is 1. The van der Waals surface area contributed by atoms with Crippen LogP contribution in [0.3, 0.4) is 0 Å². The van der Waals surface area contributed by atoms with Gasteiger partial charge in [-0.05, 0) is 18.4 Å². The predicted octanol–water partition coefficient (Wildman–Crippen LogP) is 1.96. The Morgan fingerprint density at radius 3 is 2.81 bits per heavy atom. The molecule has 0 spiro atoms. The van der Waals surface area contributed by atoms with Crippen molar-refractivity contribution in [3.8, 4) is 5.88 Å².